The van der Waals surface area contributed by atoms with Crippen molar-refractivity contribution in [2.45, 2.75) is 6.61 Å². The molecule has 0 saturated carbocycles. The number of benzene rings is 1. The Morgan fingerprint density at radius 3 is 2.53 bits per heavy atom. The topological polar surface area (TPSA) is 42.4 Å². The SMILES string of the molecule is COc1ccc(-c2cnc(Cl)c(CO)c2)cc1. The van der Waals surface area contributed by atoms with E-state index in [4.69, 9.17) is 21.4 Å². The van der Waals surface area contributed by atoms with E-state index in [1.165, 1.54) is 0 Å². The maximum Gasteiger partial charge on any atom is 0.134 e. The van der Waals surface area contributed by atoms with Crippen LogP contribution in [0.5, 0.6) is 5.75 Å². The fourth-order valence-corrected chi connectivity index (χ4v) is 1.71. The van der Waals surface area contributed by atoms with Crippen molar-refractivity contribution < 1.29 is 9.84 Å². The minimum atomic E-state index is -0.115. The van der Waals surface area contributed by atoms with Gasteiger partial charge in [0.25, 0.3) is 0 Å². The van der Waals surface area contributed by atoms with Crippen LogP contribution < -0.4 is 4.74 Å². The van der Waals surface area contributed by atoms with Crippen molar-refractivity contribution in [2.24, 2.45) is 0 Å². The molecule has 1 aromatic carbocycles. The van der Waals surface area contributed by atoms with Gasteiger partial charge in [-0.1, -0.05) is 23.7 Å². The van der Waals surface area contributed by atoms with Gasteiger partial charge in [-0.15, -0.1) is 0 Å². The number of aliphatic hydroxyl groups excluding tert-OH is 1. The summed E-state index contributed by atoms with van der Waals surface area (Å²) in [6.45, 7) is -0.115. The summed E-state index contributed by atoms with van der Waals surface area (Å²) in [7, 11) is 1.63. The summed E-state index contributed by atoms with van der Waals surface area (Å²) in [5.74, 6) is 0.804. The molecule has 4 heteroatoms. The number of methoxy groups -OCH3 is 1. The zero-order valence-electron chi connectivity index (χ0n) is 9.35. The highest BCUT2D eigenvalue weighted by Gasteiger charge is 2.04. The van der Waals surface area contributed by atoms with Crippen LogP contribution in [0.1, 0.15) is 5.56 Å². The second-order valence-electron chi connectivity index (χ2n) is 3.56. The van der Waals surface area contributed by atoms with Gasteiger partial charge in [-0.3, -0.25) is 0 Å². The van der Waals surface area contributed by atoms with E-state index in [0.29, 0.717) is 10.7 Å². The number of aliphatic hydroxyl groups is 1. The zero-order valence-corrected chi connectivity index (χ0v) is 10.1. The summed E-state index contributed by atoms with van der Waals surface area (Å²) < 4.78 is 5.09. The van der Waals surface area contributed by atoms with Crippen molar-refractivity contribution in [3.8, 4) is 16.9 Å². The lowest BCUT2D eigenvalue weighted by molar-refractivity contribution is 0.281. The highest BCUT2D eigenvalue weighted by Crippen LogP contribution is 2.24. The lowest BCUT2D eigenvalue weighted by Gasteiger charge is -2.06. The Hall–Kier alpha value is -1.58. The maximum absolute atomic E-state index is 9.13. The summed E-state index contributed by atoms with van der Waals surface area (Å²) >= 11 is 5.84. The molecule has 2 aromatic rings. The Morgan fingerprint density at radius 1 is 1.24 bits per heavy atom. The largest absolute Gasteiger partial charge is 0.497 e. The van der Waals surface area contributed by atoms with Crippen molar-refractivity contribution in [1.29, 1.82) is 0 Å². The number of hydrogen-bond acceptors (Lipinski definition) is 3. The molecule has 0 aliphatic carbocycles. The van der Waals surface area contributed by atoms with E-state index in [0.717, 1.165) is 16.9 Å². The van der Waals surface area contributed by atoms with Crippen LogP contribution in [0.25, 0.3) is 11.1 Å². The molecule has 0 aliphatic rings. The molecule has 0 bridgehead atoms. The standard InChI is InChI=1S/C13H12ClNO2/c1-17-12-4-2-9(3-5-12)10-6-11(8-16)13(14)15-7-10/h2-7,16H,8H2,1H3. The molecule has 0 radical (unpaired) electrons. The first kappa shape index (κ1) is 11.9. The van der Waals surface area contributed by atoms with Crippen LogP contribution in [-0.2, 0) is 6.61 Å². The summed E-state index contributed by atoms with van der Waals surface area (Å²) in [6.07, 6.45) is 1.68. The van der Waals surface area contributed by atoms with Gasteiger partial charge in [0.15, 0.2) is 0 Å². The third-order valence-electron chi connectivity index (χ3n) is 2.51. The molecular formula is C13H12ClNO2. The van der Waals surface area contributed by atoms with E-state index in [1.807, 2.05) is 30.3 Å². The fourth-order valence-electron chi connectivity index (χ4n) is 1.55. The molecule has 1 heterocycles. The molecule has 0 unspecified atom stereocenters. The van der Waals surface area contributed by atoms with E-state index in [-0.39, 0.29) is 6.61 Å². The van der Waals surface area contributed by atoms with Crippen molar-refractivity contribution in [3.05, 3.63) is 47.2 Å². The van der Waals surface area contributed by atoms with Gasteiger partial charge in [-0.25, -0.2) is 4.98 Å². The summed E-state index contributed by atoms with van der Waals surface area (Å²) in [5, 5.41) is 9.47. The third-order valence-corrected chi connectivity index (χ3v) is 2.85. The van der Waals surface area contributed by atoms with Crippen LogP contribution >= 0.6 is 11.6 Å². The third kappa shape index (κ3) is 2.57. The average Bonchev–Trinajstić information content (AvgIpc) is 2.39. The average molecular weight is 250 g/mol. The number of aromatic nitrogens is 1. The first-order valence-electron chi connectivity index (χ1n) is 5.14. The van der Waals surface area contributed by atoms with Gasteiger partial charge in [0.1, 0.15) is 10.9 Å². The first-order chi connectivity index (χ1) is 8.24. The van der Waals surface area contributed by atoms with Gasteiger partial charge < -0.3 is 9.84 Å². The Kier molecular flexibility index (Phi) is 3.61. The monoisotopic (exact) mass is 249 g/mol. The van der Waals surface area contributed by atoms with Crippen molar-refractivity contribution in [2.75, 3.05) is 7.11 Å². The van der Waals surface area contributed by atoms with Crippen LogP contribution in [0.2, 0.25) is 5.15 Å². The lowest BCUT2D eigenvalue weighted by atomic mass is 10.1. The number of halogens is 1. The molecule has 0 fully saturated rings. The predicted molar refractivity (Wildman–Crippen MR) is 67.2 cm³/mol. The molecule has 17 heavy (non-hydrogen) atoms. The zero-order chi connectivity index (χ0) is 12.3. The van der Waals surface area contributed by atoms with Gasteiger partial charge >= 0.3 is 0 Å². The molecule has 0 atom stereocenters. The summed E-state index contributed by atoms with van der Waals surface area (Å²) in [6, 6.07) is 9.46. The van der Waals surface area contributed by atoms with E-state index >= 15 is 0 Å². The lowest BCUT2D eigenvalue weighted by Crippen LogP contribution is -1.90. The van der Waals surface area contributed by atoms with E-state index < -0.39 is 0 Å². The molecule has 0 saturated heterocycles. The van der Waals surface area contributed by atoms with Crippen molar-refractivity contribution in [3.63, 3.8) is 0 Å². The molecular weight excluding hydrogens is 238 g/mol. The number of rotatable bonds is 3. The number of pyridine rings is 1. The molecule has 1 aromatic heterocycles. The van der Waals surface area contributed by atoms with E-state index in [1.54, 1.807) is 13.3 Å². The molecule has 2 rings (SSSR count). The predicted octanol–water partition coefficient (Wildman–Crippen LogP) is 2.90. The van der Waals surface area contributed by atoms with Crippen LogP contribution in [0.4, 0.5) is 0 Å². The molecule has 3 nitrogen and oxygen atoms in total. The molecule has 1 N–H and O–H groups in total. The second kappa shape index (κ2) is 5.17. The normalized spacial score (nSPS) is 10.3. The smallest absolute Gasteiger partial charge is 0.134 e. The number of ether oxygens (including phenoxy) is 1. The van der Waals surface area contributed by atoms with Crippen LogP contribution in [0.15, 0.2) is 36.5 Å². The second-order valence-corrected chi connectivity index (χ2v) is 3.92. The maximum atomic E-state index is 9.13. The quantitative estimate of drug-likeness (QED) is 0.851. The van der Waals surface area contributed by atoms with Gasteiger partial charge in [0, 0.05) is 17.3 Å². The Bertz CT molecular complexity index is 511. The minimum absolute atomic E-state index is 0.115. The number of hydrogen-bond donors (Lipinski definition) is 1. The minimum Gasteiger partial charge on any atom is -0.497 e. The Morgan fingerprint density at radius 2 is 1.94 bits per heavy atom. The van der Waals surface area contributed by atoms with Crippen LogP contribution in [0.3, 0.4) is 0 Å². The Balaban J connectivity index is 2.38. The van der Waals surface area contributed by atoms with Gasteiger partial charge in [0.05, 0.1) is 13.7 Å². The van der Waals surface area contributed by atoms with Gasteiger partial charge in [-0.05, 0) is 23.8 Å². The molecule has 0 aliphatic heterocycles. The first-order valence-corrected chi connectivity index (χ1v) is 5.52. The molecule has 0 amide bonds. The van der Waals surface area contributed by atoms with Gasteiger partial charge in [0.2, 0.25) is 0 Å². The molecule has 88 valence electrons. The fraction of sp³-hybridized carbons (Fsp3) is 0.154. The molecule has 0 spiro atoms. The van der Waals surface area contributed by atoms with Crippen molar-refractivity contribution in [1.82, 2.24) is 4.98 Å². The van der Waals surface area contributed by atoms with Crippen LogP contribution in [-0.4, -0.2) is 17.2 Å². The van der Waals surface area contributed by atoms with E-state index in [9.17, 15) is 0 Å². The summed E-state index contributed by atoms with van der Waals surface area (Å²) in [5.41, 5.74) is 2.55. The Labute approximate surface area is 105 Å². The highest BCUT2D eigenvalue weighted by atomic mass is 35.5. The van der Waals surface area contributed by atoms with Gasteiger partial charge in [-0.2, -0.15) is 0 Å². The highest BCUT2D eigenvalue weighted by molar-refractivity contribution is 6.30. The van der Waals surface area contributed by atoms with Crippen LogP contribution in [0, 0.1) is 0 Å². The van der Waals surface area contributed by atoms with Crippen molar-refractivity contribution >= 4 is 11.6 Å². The van der Waals surface area contributed by atoms with E-state index in [2.05, 4.69) is 4.98 Å². The summed E-state index contributed by atoms with van der Waals surface area (Å²) in [4.78, 5) is 4.04. The number of nitrogens with zero attached hydrogens (tertiary/aromatic N) is 1.